The average molecular weight is 268 g/mol. The number of nitrogens with zero attached hydrogens (tertiary/aromatic N) is 2. The fourth-order valence-electron chi connectivity index (χ4n) is 3.19. The number of aliphatic carboxylic acids is 1. The highest BCUT2D eigenvalue weighted by atomic mass is 16.4. The Bertz CT molecular complexity index is 356. The SMILES string of the molecule is CN(C)CC1CCN(C(=O)C2(C(=O)O)CCC2)CC1. The van der Waals surface area contributed by atoms with Gasteiger partial charge in [0.25, 0.3) is 0 Å². The lowest BCUT2D eigenvalue weighted by Crippen LogP contribution is -2.54. The van der Waals surface area contributed by atoms with E-state index in [-0.39, 0.29) is 5.91 Å². The third kappa shape index (κ3) is 2.76. The number of carboxylic acids is 1. The molecule has 1 saturated heterocycles. The molecule has 0 aromatic rings. The summed E-state index contributed by atoms with van der Waals surface area (Å²) >= 11 is 0. The highest BCUT2D eigenvalue weighted by molar-refractivity contribution is 6.02. The second kappa shape index (κ2) is 5.49. The van der Waals surface area contributed by atoms with Crippen molar-refractivity contribution in [3.8, 4) is 0 Å². The molecule has 0 radical (unpaired) electrons. The van der Waals surface area contributed by atoms with E-state index in [0.29, 0.717) is 31.8 Å². The molecule has 1 aliphatic carbocycles. The maximum Gasteiger partial charge on any atom is 0.319 e. The van der Waals surface area contributed by atoms with E-state index in [1.165, 1.54) is 0 Å². The fourth-order valence-corrected chi connectivity index (χ4v) is 3.19. The van der Waals surface area contributed by atoms with Gasteiger partial charge < -0.3 is 14.9 Å². The molecule has 5 nitrogen and oxygen atoms in total. The van der Waals surface area contributed by atoms with Gasteiger partial charge in [-0.15, -0.1) is 0 Å². The minimum absolute atomic E-state index is 0.144. The van der Waals surface area contributed by atoms with Crippen molar-refractivity contribution in [1.29, 1.82) is 0 Å². The first kappa shape index (κ1) is 14.3. The monoisotopic (exact) mass is 268 g/mol. The number of carboxylic acid groups (broad SMARTS) is 1. The van der Waals surface area contributed by atoms with Gasteiger partial charge in [-0.1, -0.05) is 6.42 Å². The minimum Gasteiger partial charge on any atom is -0.480 e. The number of amides is 1. The van der Waals surface area contributed by atoms with Crippen LogP contribution in [-0.2, 0) is 9.59 Å². The number of hydrogen-bond donors (Lipinski definition) is 1. The second-order valence-corrected chi connectivity index (χ2v) is 6.24. The van der Waals surface area contributed by atoms with Crippen molar-refractivity contribution in [2.75, 3.05) is 33.7 Å². The Balaban J connectivity index is 1.91. The zero-order valence-electron chi connectivity index (χ0n) is 11.9. The zero-order chi connectivity index (χ0) is 14.0. The molecule has 0 spiro atoms. The largest absolute Gasteiger partial charge is 0.480 e. The number of carbonyl (C=O) groups excluding carboxylic acids is 1. The Labute approximate surface area is 114 Å². The lowest BCUT2D eigenvalue weighted by molar-refractivity contribution is -0.168. The Morgan fingerprint density at radius 1 is 1.26 bits per heavy atom. The van der Waals surface area contributed by atoms with Crippen LogP contribution in [0.5, 0.6) is 0 Å². The molecule has 19 heavy (non-hydrogen) atoms. The molecule has 0 aromatic carbocycles. The molecule has 1 saturated carbocycles. The molecule has 1 amide bonds. The smallest absolute Gasteiger partial charge is 0.319 e. The van der Waals surface area contributed by atoms with Gasteiger partial charge >= 0.3 is 5.97 Å². The highest BCUT2D eigenvalue weighted by Gasteiger charge is 2.53. The summed E-state index contributed by atoms with van der Waals surface area (Å²) in [5.74, 6) is -0.449. The predicted octanol–water partition coefficient (Wildman–Crippen LogP) is 1.04. The van der Waals surface area contributed by atoms with Crippen molar-refractivity contribution in [3.05, 3.63) is 0 Å². The number of piperidine rings is 1. The molecule has 0 unspecified atom stereocenters. The first-order valence-electron chi connectivity index (χ1n) is 7.13. The summed E-state index contributed by atoms with van der Waals surface area (Å²) in [6, 6.07) is 0. The molecular weight excluding hydrogens is 244 g/mol. The molecular formula is C14H24N2O3. The zero-order valence-corrected chi connectivity index (χ0v) is 11.9. The molecule has 5 heteroatoms. The van der Waals surface area contributed by atoms with E-state index < -0.39 is 11.4 Å². The molecule has 0 aromatic heterocycles. The molecule has 2 rings (SSSR count). The number of carbonyl (C=O) groups is 2. The number of hydrogen-bond acceptors (Lipinski definition) is 3. The van der Waals surface area contributed by atoms with Gasteiger partial charge in [-0.3, -0.25) is 9.59 Å². The normalized spacial score (nSPS) is 23.2. The molecule has 1 heterocycles. The summed E-state index contributed by atoms with van der Waals surface area (Å²) in [5, 5.41) is 9.30. The molecule has 2 fully saturated rings. The van der Waals surface area contributed by atoms with Crippen molar-refractivity contribution in [1.82, 2.24) is 9.80 Å². The van der Waals surface area contributed by atoms with E-state index in [2.05, 4.69) is 19.0 Å². The standard InChI is InChI=1S/C14H24N2O3/c1-15(2)10-11-4-8-16(9-5-11)12(17)14(13(18)19)6-3-7-14/h11H,3-10H2,1-2H3,(H,18,19). The fraction of sp³-hybridized carbons (Fsp3) is 0.857. The molecule has 0 atom stereocenters. The van der Waals surface area contributed by atoms with Crippen molar-refractivity contribution in [2.45, 2.75) is 32.1 Å². The van der Waals surface area contributed by atoms with Crippen molar-refractivity contribution >= 4 is 11.9 Å². The van der Waals surface area contributed by atoms with Crippen LogP contribution in [0.4, 0.5) is 0 Å². The van der Waals surface area contributed by atoms with Crippen LogP contribution < -0.4 is 0 Å². The molecule has 1 aliphatic heterocycles. The van der Waals surface area contributed by atoms with Gasteiger partial charge in [-0.25, -0.2) is 0 Å². The van der Waals surface area contributed by atoms with Gasteiger partial charge in [-0.2, -0.15) is 0 Å². The van der Waals surface area contributed by atoms with Crippen LogP contribution in [-0.4, -0.2) is 60.5 Å². The van der Waals surface area contributed by atoms with E-state index in [1.54, 1.807) is 4.90 Å². The van der Waals surface area contributed by atoms with E-state index in [1.807, 2.05) is 0 Å². The summed E-state index contributed by atoms with van der Waals surface area (Å²) in [6.07, 6.45) is 3.85. The van der Waals surface area contributed by atoms with E-state index in [0.717, 1.165) is 25.8 Å². The van der Waals surface area contributed by atoms with E-state index in [9.17, 15) is 14.7 Å². The van der Waals surface area contributed by atoms with Gasteiger partial charge in [-0.05, 0) is 45.7 Å². The Hall–Kier alpha value is -1.10. The summed E-state index contributed by atoms with van der Waals surface area (Å²) in [7, 11) is 4.12. The van der Waals surface area contributed by atoms with Crippen LogP contribution in [0, 0.1) is 11.3 Å². The third-order valence-electron chi connectivity index (χ3n) is 4.55. The van der Waals surface area contributed by atoms with Crippen molar-refractivity contribution in [3.63, 3.8) is 0 Å². The minimum atomic E-state index is -1.09. The lowest BCUT2D eigenvalue weighted by Gasteiger charge is -2.42. The van der Waals surface area contributed by atoms with Crippen LogP contribution in [0.3, 0.4) is 0 Å². The molecule has 108 valence electrons. The lowest BCUT2D eigenvalue weighted by atomic mass is 9.67. The topological polar surface area (TPSA) is 60.9 Å². The van der Waals surface area contributed by atoms with E-state index in [4.69, 9.17) is 0 Å². The van der Waals surface area contributed by atoms with Gasteiger partial charge in [0.05, 0.1) is 0 Å². The van der Waals surface area contributed by atoms with Gasteiger partial charge in [0.1, 0.15) is 5.41 Å². The van der Waals surface area contributed by atoms with Crippen LogP contribution in [0.15, 0.2) is 0 Å². The number of rotatable bonds is 4. The van der Waals surface area contributed by atoms with Crippen LogP contribution in [0.25, 0.3) is 0 Å². The quantitative estimate of drug-likeness (QED) is 0.774. The summed E-state index contributed by atoms with van der Waals surface area (Å²) in [4.78, 5) is 27.7. The maximum atomic E-state index is 12.4. The van der Waals surface area contributed by atoms with E-state index >= 15 is 0 Å². The first-order valence-corrected chi connectivity index (χ1v) is 7.13. The Kier molecular flexibility index (Phi) is 4.13. The van der Waals surface area contributed by atoms with Crippen LogP contribution >= 0.6 is 0 Å². The Morgan fingerprint density at radius 3 is 2.21 bits per heavy atom. The predicted molar refractivity (Wildman–Crippen MR) is 71.8 cm³/mol. The van der Waals surface area contributed by atoms with Gasteiger partial charge in [0, 0.05) is 19.6 Å². The molecule has 1 N–H and O–H groups in total. The molecule has 2 aliphatic rings. The Morgan fingerprint density at radius 2 is 1.84 bits per heavy atom. The summed E-state index contributed by atoms with van der Waals surface area (Å²) in [5.41, 5.74) is -1.09. The summed E-state index contributed by atoms with van der Waals surface area (Å²) < 4.78 is 0. The van der Waals surface area contributed by atoms with Crippen molar-refractivity contribution < 1.29 is 14.7 Å². The van der Waals surface area contributed by atoms with Crippen molar-refractivity contribution in [2.24, 2.45) is 11.3 Å². The van der Waals surface area contributed by atoms with Crippen LogP contribution in [0.2, 0.25) is 0 Å². The second-order valence-electron chi connectivity index (χ2n) is 6.24. The third-order valence-corrected chi connectivity index (χ3v) is 4.55. The first-order chi connectivity index (χ1) is 8.95. The molecule has 0 bridgehead atoms. The maximum absolute atomic E-state index is 12.4. The average Bonchev–Trinajstić information content (AvgIpc) is 2.26. The van der Waals surface area contributed by atoms with Gasteiger partial charge in [0.15, 0.2) is 0 Å². The highest BCUT2D eigenvalue weighted by Crippen LogP contribution is 2.43. The summed E-state index contributed by atoms with van der Waals surface area (Å²) in [6.45, 7) is 2.48. The number of likely N-dealkylation sites (tertiary alicyclic amines) is 1. The van der Waals surface area contributed by atoms with Crippen LogP contribution in [0.1, 0.15) is 32.1 Å². The van der Waals surface area contributed by atoms with Gasteiger partial charge in [0.2, 0.25) is 5.91 Å².